The average molecular weight is 333 g/mol. The Balaban J connectivity index is 1.89. The molecule has 3 aromatic rings. The Bertz CT molecular complexity index is 824. The fraction of sp³-hybridized carbons (Fsp3) is 0.238. The topological polar surface area (TPSA) is 25.8 Å². The molecule has 0 atom stereocenters. The van der Waals surface area contributed by atoms with Gasteiger partial charge in [-0.05, 0) is 48.4 Å². The first-order valence-electron chi connectivity index (χ1n) is 8.35. The Morgan fingerprint density at radius 1 is 0.708 bits per heavy atom. The summed E-state index contributed by atoms with van der Waals surface area (Å²) in [5.74, 6) is 0. The summed E-state index contributed by atoms with van der Waals surface area (Å²) in [4.78, 5) is 9.12. The zero-order valence-corrected chi connectivity index (χ0v) is 16.1. The van der Waals surface area contributed by atoms with Gasteiger partial charge in [0.2, 0.25) is 0 Å². The Kier molecular flexibility index (Phi) is 4.37. The van der Waals surface area contributed by atoms with E-state index >= 15 is 0 Å². The zero-order valence-electron chi connectivity index (χ0n) is 15.1. The average Bonchev–Trinajstić information content (AvgIpc) is 2.53. The molecule has 3 rings (SSSR count). The predicted molar refractivity (Wildman–Crippen MR) is 105 cm³/mol. The smallest absolute Gasteiger partial charge is 0.0796 e. The van der Waals surface area contributed by atoms with Gasteiger partial charge in [0.25, 0.3) is 0 Å². The Morgan fingerprint density at radius 2 is 1.29 bits per heavy atom. The van der Waals surface area contributed by atoms with Crippen LogP contribution in [-0.4, -0.2) is 18.0 Å². The normalized spacial score (nSPS) is 11.5. The predicted octanol–water partition coefficient (Wildman–Crippen LogP) is 4.97. The van der Waals surface area contributed by atoms with Crippen LogP contribution in [0.1, 0.15) is 11.4 Å². The summed E-state index contributed by atoms with van der Waals surface area (Å²) in [5.41, 5.74) is 6.73. The molecule has 2 heterocycles. The van der Waals surface area contributed by atoms with Crippen LogP contribution in [0, 0.1) is 13.8 Å². The summed E-state index contributed by atoms with van der Waals surface area (Å²) in [6.07, 6.45) is 2.05. The van der Waals surface area contributed by atoms with E-state index in [2.05, 4.69) is 78.1 Å². The van der Waals surface area contributed by atoms with Gasteiger partial charge in [0, 0.05) is 23.1 Å². The van der Waals surface area contributed by atoms with Gasteiger partial charge >= 0.3 is 0 Å². The first-order chi connectivity index (χ1) is 11.3. The second-order valence-corrected chi connectivity index (χ2v) is 12.5. The molecule has 3 heteroatoms. The lowest BCUT2D eigenvalue weighted by Gasteiger charge is -2.16. The molecule has 0 fully saturated rings. The van der Waals surface area contributed by atoms with Crippen LogP contribution in [0.3, 0.4) is 0 Å². The summed E-state index contributed by atoms with van der Waals surface area (Å²) in [6.45, 7) is 11.1. The molecule has 0 saturated carbocycles. The van der Waals surface area contributed by atoms with Gasteiger partial charge in [0.05, 0.1) is 13.8 Å². The van der Waals surface area contributed by atoms with E-state index in [-0.39, 0.29) is 0 Å². The van der Waals surface area contributed by atoms with Crippen molar-refractivity contribution in [2.24, 2.45) is 0 Å². The van der Waals surface area contributed by atoms with Gasteiger partial charge in [0.15, 0.2) is 0 Å². The van der Waals surface area contributed by atoms with Crippen LogP contribution in [0.15, 0.2) is 54.7 Å². The molecule has 2 aromatic heterocycles. The Labute approximate surface area is 145 Å². The Hall–Kier alpha value is -2.26. The molecular weight excluding hydrogens is 308 g/mol. The van der Waals surface area contributed by atoms with Gasteiger partial charge in [-0.15, -0.1) is 0 Å². The fourth-order valence-electron chi connectivity index (χ4n) is 2.84. The van der Waals surface area contributed by atoms with Crippen LogP contribution >= 0.6 is 0 Å². The van der Waals surface area contributed by atoms with E-state index in [0.717, 1.165) is 22.6 Å². The number of hydrogen-bond donors (Lipinski definition) is 0. The van der Waals surface area contributed by atoms with Crippen molar-refractivity contribution in [3.8, 4) is 22.4 Å². The molecule has 0 N–H and O–H groups in total. The third-order valence-electron chi connectivity index (χ3n) is 4.22. The highest BCUT2D eigenvalue weighted by Crippen LogP contribution is 2.24. The molecule has 0 unspecified atom stereocenters. The molecule has 0 bridgehead atoms. The number of nitrogens with zero attached hydrogens (tertiary/aromatic N) is 2. The quantitative estimate of drug-likeness (QED) is 0.633. The first-order valence-corrected chi connectivity index (χ1v) is 11.9. The maximum Gasteiger partial charge on any atom is 0.0796 e. The van der Waals surface area contributed by atoms with Crippen LogP contribution in [0.4, 0.5) is 0 Å². The summed E-state index contributed by atoms with van der Waals surface area (Å²) < 4.78 is 0. The van der Waals surface area contributed by atoms with Crippen LogP contribution < -0.4 is 5.19 Å². The standard InChI is InChI=1S/C21H24N2Si/c1-15-12-19(13-16(2)23-15)17-6-8-18(9-7-17)21-11-10-20(14-22-21)24(3,4)5/h6-14H,1-5H3. The lowest BCUT2D eigenvalue weighted by Crippen LogP contribution is -2.37. The summed E-state index contributed by atoms with van der Waals surface area (Å²) >= 11 is 0. The minimum atomic E-state index is -1.29. The van der Waals surface area contributed by atoms with Crippen molar-refractivity contribution in [2.45, 2.75) is 33.5 Å². The van der Waals surface area contributed by atoms with Gasteiger partial charge in [-0.25, -0.2) is 0 Å². The molecule has 122 valence electrons. The maximum atomic E-state index is 4.67. The number of pyridine rings is 2. The summed E-state index contributed by atoms with van der Waals surface area (Å²) in [7, 11) is -1.29. The van der Waals surface area contributed by atoms with Crippen LogP contribution in [0.2, 0.25) is 19.6 Å². The summed E-state index contributed by atoms with van der Waals surface area (Å²) in [6, 6.07) is 17.3. The zero-order chi connectivity index (χ0) is 17.3. The molecule has 0 radical (unpaired) electrons. The molecule has 0 spiro atoms. The highest BCUT2D eigenvalue weighted by atomic mass is 28.3. The van der Waals surface area contributed by atoms with E-state index in [1.165, 1.54) is 16.3 Å². The number of aromatic nitrogens is 2. The second kappa shape index (κ2) is 6.33. The van der Waals surface area contributed by atoms with E-state index in [1.807, 2.05) is 20.0 Å². The lowest BCUT2D eigenvalue weighted by atomic mass is 10.0. The number of hydrogen-bond acceptors (Lipinski definition) is 2. The van der Waals surface area contributed by atoms with Gasteiger partial charge in [0.1, 0.15) is 0 Å². The molecule has 0 amide bonds. The molecule has 0 aliphatic heterocycles. The maximum absolute atomic E-state index is 4.67. The first kappa shape index (κ1) is 16.6. The molecule has 24 heavy (non-hydrogen) atoms. The molecule has 0 saturated heterocycles. The molecule has 0 aliphatic rings. The van der Waals surface area contributed by atoms with Crippen molar-refractivity contribution in [3.63, 3.8) is 0 Å². The summed E-state index contributed by atoms with van der Waals surface area (Å²) in [5, 5.41) is 1.39. The van der Waals surface area contributed by atoms with Crippen molar-refractivity contribution in [2.75, 3.05) is 0 Å². The van der Waals surface area contributed by atoms with Crippen LogP contribution in [0.5, 0.6) is 0 Å². The van der Waals surface area contributed by atoms with Crippen molar-refractivity contribution >= 4 is 13.3 Å². The van der Waals surface area contributed by atoms with Crippen molar-refractivity contribution in [1.82, 2.24) is 9.97 Å². The van der Waals surface area contributed by atoms with Gasteiger partial charge in [-0.1, -0.05) is 50.0 Å². The van der Waals surface area contributed by atoms with Crippen LogP contribution in [-0.2, 0) is 0 Å². The van der Waals surface area contributed by atoms with Crippen LogP contribution in [0.25, 0.3) is 22.4 Å². The molecule has 0 aliphatic carbocycles. The van der Waals surface area contributed by atoms with E-state index in [9.17, 15) is 0 Å². The largest absolute Gasteiger partial charge is 0.258 e. The molecule has 1 aromatic carbocycles. The number of aryl methyl sites for hydroxylation is 2. The minimum Gasteiger partial charge on any atom is -0.258 e. The van der Waals surface area contributed by atoms with Gasteiger partial charge in [-0.2, -0.15) is 0 Å². The van der Waals surface area contributed by atoms with E-state index in [0.29, 0.717) is 0 Å². The monoisotopic (exact) mass is 332 g/mol. The second-order valence-electron chi connectivity index (χ2n) is 7.40. The minimum absolute atomic E-state index is 1.03. The molecular formula is C21H24N2Si. The SMILES string of the molecule is Cc1cc(-c2ccc(-c3ccc([Si](C)(C)C)cn3)cc2)cc(C)n1. The Morgan fingerprint density at radius 3 is 1.79 bits per heavy atom. The third-order valence-corrected chi connectivity index (χ3v) is 6.25. The van der Waals surface area contributed by atoms with Gasteiger partial charge in [-0.3, -0.25) is 9.97 Å². The number of benzene rings is 1. The number of rotatable bonds is 3. The van der Waals surface area contributed by atoms with E-state index in [4.69, 9.17) is 0 Å². The third kappa shape index (κ3) is 3.62. The highest BCUT2D eigenvalue weighted by Gasteiger charge is 2.16. The lowest BCUT2D eigenvalue weighted by molar-refractivity contribution is 1.12. The van der Waals surface area contributed by atoms with Crippen molar-refractivity contribution in [3.05, 3.63) is 66.1 Å². The molecule has 2 nitrogen and oxygen atoms in total. The van der Waals surface area contributed by atoms with E-state index < -0.39 is 8.07 Å². The fourth-order valence-corrected chi connectivity index (χ4v) is 3.88. The van der Waals surface area contributed by atoms with Crippen molar-refractivity contribution < 1.29 is 0 Å². The van der Waals surface area contributed by atoms with Gasteiger partial charge < -0.3 is 0 Å². The highest BCUT2D eigenvalue weighted by molar-refractivity contribution is 6.88. The van der Waals surface area contributed by atoms with E-state index in [1.54, 1.807) is 0 Å². The van der Waals surface area contributed by atoms with Crippen molar-refractivity contribution in [1.29, 1.82) is 0 Å².